The van der Waals surface area contributed by atoms with E-state index in [9.17, 15) is 18.0 Å². The number of benzene rings is 1. The van der Waals surface area contributed by atoms with Gasteiger partial charge in [-0.05, 0) is 32.3 Å². The Morgan fingerprint density at radius 1 is 1.09 bits per heavy atom. The normalized spacial score (nSPS) is 24.7. The van der Waals surface area contributed by atoms with Gasteiger partial charge in [0.1, 0.15) is 24.9 Å². The summed E-state index contributed by atoms with van der Waals surface area (Å²) in [7, 11) is -3.73. The Kier molecular flexibility index (Phi) is 7.92. The minimum absolute atomic E-state index is 0.103. The van der Waals surface area contributed by atoms with E-state index in [0.717, 1.165) is 11.8 Å². The van der Waals surface area contributed by atoms with Crippen LogP contribution in [0.15, 0.2) is 30.3 Å². The summed E-state index contributed by atoms with van der Waals surface area (Å²) in [6.07, 6.45) is 0.614. The lowest BCUT2D eigenvalue weighted by atomic mass is 10.0. The molecule has 2 heterocycles. The lowest BCUT2D eigenvalue weighted by Gasteiger charge is -2.38. The number of amides is 1. The van der Waals surface area contributed by atoms with Gasteiger partial charge in [-0.25, -0.2) is 0 Å². The van der Waals surface area contributed by atoms with Crippen LogP contribution in [-0.2, 0) is 44.7 Å². The summed E-state index contributed by atoms with van der Waals surface area (Å²) >= 11 is 0. The third-order valence-corrected chi connectivity index (χ3v) is 5.90. The van der Waals surface area contributed by atoms with E-state index in [1.54, 1.807) is 18.7 Å². The van der Waals surface area contributed by atoms with Gasteiger partial charge >= 0.3 is 5.97 Å². The van der Waals surface area contributed by atoms with Crippen LogP contribution < -0.4 is 0 Å². The third-order valence-electron chi connectivity index (χ3n) is 5.30. The van der Waals surface area contributed by atoms with Crippen molar-refractivity contribution in [1.82, 2.24) is 4.90 Å². The molecular weight excluding hydrogens is 438 g/mol. The molecule has 0 saturated carbocycles. The molecule has 1 aromatic rings. The molecule has 2 saturated heterocycles. The summed E-state index contributed by atoms with van der Waals surface area (Å²) in [6, 6.07) is 9.43. The van der Waals surface area contributed by atoms with Crippen LogP contribution in [0.25, 0.3) is 0 Å². The highest BCUT2D eigenvalue weighted by Gasteiger charge is 2.51. The zero-order valence-electron chi connectivity index (χ0n) is 18.7. The van der Waals surface area contributed by atoms with Gasteiger partial charge < -0.3 is 19.1 Å². The molecule has 9 nitrogen and oxygen atoms in total. The Bertz CT molecular complexity index is 902. The molecule has 0 aliphatic carbocycles. The molecule has 10 heteroatoms. The van der Waals surface area contributed by atoms with Crippen LogP contribution in [0.2, 0.25) is 0 Å². The SMILES string of the molecule is CC1(C)O[C@H]2[C@H](CN(C(=O)CCCCC(=O)OCc3ccccc3)C[C@H]2OS(C)(=O)=O)O1. The Balaban J connectivity index is 1.44. The first-order valence-electron chi connectivity index (χ1n) is 10.7. The number of hydrogen-bond acceptors (Lipinski definition) is 8. The zero-order chi connectivity index (χ0) is 23.4. The van der Waals surface area contributed by atoms with Crippen LogP contribution in [0.5, 0.6) is 0 Å². The standard InChI is InChI=1S/C22H31NO8S/c1-22(2)29-17-13-23(14-18(21(17)30-22)31-32(3,26)27)19(24)11-7-8-12-20(25)28-15-16-9-5-4-6-10-16/h4-6,9-10,17-18,21H,7-8,11-15H2,1-3H3/t17-,18+,21-/m0/s1. The van der Waals surface area contributed by atoms with Crippen molar-refractivity contribution in [1.29, 1.82) is 0 Å². The Labute approximate surface area is 189 Å². The van der Waals surface area contributed by atoms with Gasteiger partial charge in [-0.3, -0.25) is 13.8 Å². The van der Waals surface area contributed by atoms with Crippen LogP contribution in [0, 0.1) is 0 Å². The number of carbonyl (C=O) groups is 2. The predicted molar refractivity (Wildman–Crippen MR) is 115 cm³/mol. The number of nitrogens with zero attached hydrogens (tertiary/aromatic N) is 1. The molecule has 1 amide bonds. The van der Waals surface area contributed by atoms with Gasteiger partial charge in [0.25, 0.3) is 10.1 Å². The molecular formula is C22H31NO8S. The Morgan fingerprint density at radius 2 is 1.78 bits per heavy atom. The maximum atomic E-state index is 12.7. The summed E-state index contributed by atoms with van der Waals surface area (Å²) in [6.45, 7) is 4.12. The van der Waals surface area contributed by atoms with Gasteiger partial charge in [0.15, 0.2) is 5.79 Å². The molecule has 0 aromatic heterocycles. The number of piperidine rings is 1. The lowest BCUT2D eigenvalue weighted by molar-refractivity contribution is -0.150. The number of unbranched alkanes of at least 4 members (excludes halogenated alkanes) is 1. The fourth-order valence-corrected chi connectivity index (χ4v) is 4.58. The highest BCUT2D eigenvalue weighted by molar-refractivity contribution is 7.86. The first-order valence-corrected chi connectivity index (χ1v) is 12.6. The number of likely N-dealkylation sites (tertiary alicyclic amines) is 1. The van der Waals surface area contributed by atoms with E-state index in [4.69, 9.17) is 18.4 Å². The Hall–Kier alpha value is -2.01. The van der Waals surface area contributed by atoms with Crippen LogP contribution in [0.3, 0.4) is 0 Å². The second-order valence-corrected chi connectivity index (χ2v) is 10.2. The van der Waals surface area contributed by atoms with Gasteiger partial charge in [0, 0.05) is 19.4 Å². The molecule has 0 spiro atoms. The average molecular weight is 470 g/mol. The van der Waals surface area contributed by atoms with Gasteiger partial charge in [-0.2, -0.15) is 8.42 Å². The molecule has 3 atom stereocenters. The van der Waals surface area contributed by atoms with E-state index >= 15 is 0 Å². The molecule has 0 N–H and O–H groups in total. The van der Waals surface area contributed by atoms with Crippen LogP contribution in [0.4, 0.5) is 0 Å². The maximum absolute atomic E-state index is 12.7. The fourth-order valence-electron chi connectivity index (χ4n) is 3.96. The van der Waals surface area contributed by atoms with Crippen molar-refractivity contribution in [2.75, 3.05) is 19.3 Å². The van der Waals surface area contributed by atoms with Crippen molar-refractivity contribution >= 4 is 22.0 Å². The first kappa shape index (κ1) is 24.6. The monoisotopic (exact) mass is 469 g/mol. The summed E-state index contributed by atoms with van der Waals surface area (Å²) in [4.78, 5) is 26.2. The van der Waals surface area contributed by atoms with Crippen molar-refractivity contribution in [3.05, 3.63) is 35.9 Å². The number of esters is 1. The number of rotatable bonds is 9. The molecule has 0 bridgehead atoms. The minimum Gasteiger partial charge on any atom is -0.461 e. The topological polar surface area (TPSA) is 108 Å². The Morgan fingerprint density at radius 3 is 2.47 bits per heavy atom. The van der Waals surface area contributed by atoms with E-state index in [1.165, 1.54) is 0 Å². The van der Waals surface area contributed by atoms with Crippen molar-refractivity contribution in [3.63, 3.8) is 0 Å². The van der Waals surface area contributed by atoms with Crippen LogP contribution in [0.1, 0.15) is 45.1 Å². The second-order valence-electron chi connectivity index (χ2n) is 8.63. The molecule has 1 aromatic carbocycles. The fraction of sp³-hybridized carbons (Fsp3) is 0.636. The molecule has 2 fully saturated rings. The van der Waals surface area contributed by atoms with E-state index < -0.39 is 34.2 Å². The van der Waals surface area contributed by atoms with E-state index in [2.05, 4.69) is 0 Å². The lowest BCUT2D eigenvalue weighted by Crippen LogP contribution is -2.56. The highest BCUT2D eigenvalue weighted by Crippen LogP contribution is 2.35. The van der Waals surface area contributed by atoms with Crippen LogP contribution >= 0.6 is 0 Å². The molecule has 2 aliphatic rings. The predicted octanol–water partition coefficient (Wildman–Crippen LogP) is 2.00. The van der Waals surface area contributed by atoms with Crippen molar-refractivity contribution in [2.24, 2.45) is 0 Å². The molecule has 0 radical (unpaired) electrons. The minimum atomic E-state index is -3.73. The van der Waals surface area contributed by atoms with Crippen molar-refractivity contribution in [2.45, 2.75) is 70.2 Å². The third kappa shape index (κ3) is 7.26. The smallest absolute Gasteiger partial charge is 0.306 e. The van der Waals surface area contributed by atoms with Gasteiger partial charge in [0.05, 0.1) is 12.8 Å². The second kappa shape index (κ2) is 10.3. The number of carbonyl (C=O) groups excluding carboxylic acids is 2. The highest BCUT2D eigenvalue weighted by atomic mass is 32.2. The van der Waals surface area contributed by atoms with Crippen molar-refractivity contribution < 1.29 is 36.4 Å². The van der Waals surface area contributed by atoms with Crippen LogP contribution in [-0.4, -0.2) is 68.6 Å². The summed E-state index contributed by atoms with van der Waals surface area (Å²) < 4.78 is 45.5. The first-order chi connectivity index (χ1) is 15.0. The van der Waals surface area contributed by atoms with Gasteiger partial charge in [0.2, 0.25) is 5.91 Å². The molecule has 3 rings (SSSR count). The number of hydrogen-bond donors (Lipinski definition) is 0. The summed E-state index contributed by atoms with van der Waals surface area (Å²) in [5.74, 6) is -1.33. The molecule has 0 unspecified atom stereocenters. The molecule has 32 heavy (non-hydrogen) atoms. The van der Waals surface area contributed by atoms with E-state index in [-0.39, 0.29) is 37.9 Å². The van der Waals surface area contributed by atoms with E-state index in [1.807, 2.05) is 30.3 Å². The summed E-state index contributed by atoms with van der Waals surface area (Å²) in [5, 5.41) is 0. The largest absolute Gasteiger partial charge is 0.461 e. The zero-order valence-corrected chi connectivity index (χ0v) is 19.5. The number of ether oxygens (including phenoxy) is 3. The number of fused-ring (bicyclic) bond motifs is 1. The van der Waals surface area contributed by atoms with Gasteiger partial charge in [-0.15, -0.1) is 0 Å². The average Bonchev–Trinajstić information content (AvgIpc) is 3.03. The molecule has 178 valence electrons. The van der Waals surface area contributed by atoms with Gasteiger partial charge in [-0.1, -0.05) is 30.3 Å². The van der Waals surface area contributed by atoms with Crippen molar-refractivity contribution in [3.8, 4) is 0 Å². The quantitative estimate of drug-likeness (QED) is 0.307. The molecule has 2 aliphatic heterocycles. The van der Waals surface area contributed by atoms with E-state index in [0.29, 0.717) is 19.4 Å². The summed E-state index contributed by atoms with van der Waals surface area (Å²) in [5.41, 5.74) is 0.923. The maximum Gasteiger partial charge on any atom is 0.306 e.